The first kappa shape index (κ1) is 22.8. The van der Waals surface area contributed by atoms with Crippen LogP contribution in [0.25, 0.3) is 5.69 Å². The van der Waals surface area contributed by atoms with Crippen molar-refractivity contribution in [1.29, 1.82) is 0 Å². The van der Waals surface area contributed by atoms with Gasteiger partial charge in [0.2, 0.25) is 0 Å². The maximum absolute atomic E-state index is 13.5. The average Bonchev–Trinajstić information content (AvgIpc) is 3.38. The summed E-state index contributed by atoms with van der Waals surface area (Å²) in [5, 5.41) is 12.8. The van der Waals surface area contributed by atoms with Gasteiger partial charge in [-0.3, -0.25) is 0 Å². The van der Waals surface area contributed by atoms with Gasteiger partial charge < -0.3 is 10.0 Å². The molecule has 0 aliphatic carbocycles. The van der Waals surface area contributed by atoms with Crippen LogP contribution in [0.2, 0.25) is 0 Å². The Bertz CT molecular complexity index is 1290. The average molecular weight is 479 g/mol. The highest BCUT2D eigenvalue weighted by molar-refractivity contribution is 7.92. The molecule has 1 aromatic heterocycles. The highest BCUT2D eigenvalue weighted by Gasteiger charge is 2.47. The second kappa shape index (κ2) is 8.22. The SMILES string of the molecule is Cc1cnn(-c2ccccc2)c1N1C[C@H](S(=O)(=O)c2ccccc2C(F)(F)F)C[C@H]1C(=O)O. The molecular formula is C22H20F3N3O4S. The number of carboxylic acids is 1. The number of carbonyl (C=O) groups is 1. The van der Waals surface area contributed by atoms with E-state index in [1.807, 2.05) is 0 Å². The van der Waals surface area contributed by atoms with Crippen molar-refractivity contribution in [3.8, 4) is 5.69 Å². The zero-order chi connectivity index (χ0) is 24.0. The molecule has 33 heavy (non-hydrogen) atoms. The third-order valence-corrected chi connectivity index (χ3v) is 7.87. The number of nitrogens with zero attached hydrogens (tertiary/aromatic N) is 3. The number of aliphatic carboxylic acids is 1. The van der Waals surface area contributed by atoms with Crippen LogP contribution in [0.15, 0.2) is 65.7 Å². The van der Waals surface area contributed by atoms with Crippen LogP contribution >= 0.6 is 0 Å². The fourth-order valence-corrected chi connectivity index (χ4v) is 6.06. The Kier molecular flexibility index (Phi) is 5.69. The Hall–Kier alpha value is -3.34. The molecule has 3 aromatic rings. The molecule has 1 fully saturated rings. The van der Waals surface area contributed by atoms with Gasteiger partial charge in [0, 0.05) is 12.1 Å². The van der Waals surface area contributed by atoms with E-state index in [1.165, 1.54) is 21.8 Å². The number of sulfone groups is 1. The number of hydrogen-bond acceptors (Lipinski definition) is 5. The van der Waals surface area contributed by atoms with E-state index in [2.05, 4.69) is 5.10 Å². The number of hydrogen-bond donors (Lipinski definition) is 1. The maximum Gasteiger partial charge on any atom is 0.417 e. The van der Waals surface area contributed by atoms with Gasteiger partial charge in [-0.1, -0.05) is 30.3 Å². The van der Waals surface area contributed by atoms with Crippen LogP contribution in [0.3, 0.4) is 0 Å². The summed E-state index contributed by atoms with van der Waals surface area (Å²) in [6, 6.07) is 11.6. The van der Waals surface area contributed by atoms with Crippen molar-refractivity contribution in [2.45, 2.75) is 35.7 Å². The van der Waals surface area contributed by atoms with Crippen LogP contribution in [0.5, 0.6) is 0 Å². The zero-order valence-corrected chi connectivity index (χ0v) is 18.2. The van der Waals surface area contributed by atoms with Crippen molar-refractivity contribution in [2.75, 3.05) is 11.4 Å². The van der Waals surface area contributed by atoms with E-state index in [-0.39, 0.29) is 13.0 Å². The summed E-state index contributed by atoms with van der Waals surface area (Å²) in [7, 11) is -4.49. The fourth-order valence-electron chi connectivity index (χ4n) is 4.15. The van der Waals surface area contributed by atoms with Crippen molar-refractivity contribution >= 4 is 21.6 Å². The topological polar surface area (TPSA) is 92.5 Å². The molecule has 0 bridgehead atoms. The van der Waals surface area contributed by atoms with Gasteiger partial charge >= 0.3 is 12.1 Å². The second-order valence-electron chi connectivity index (χ2n) is 7.80. The van der Waals surface area contributed by atoms with Crippen LogP contribution in [-0.4, -0.2) is 47.1 Å². The maximum atomic E-state index is 13.5. The quantitative estimate of drug-likeness (QED) is 0.600. The monoisotopic (exact) mass is 479 g/mol. The summed E-state index contributed by atoms with van der Waals surface area (Å²) in [5.74, 6) is -0.882. The van der Waals surface area contributed by atoms with Crippen LogP contribution in [-0.2, 0) is 20.8 Å². The van der Waals surface area contributed by atoms with E-state index in [9.17, 15) is 31.5 Å². The van der Waals surface area contributed by atoms with E-state index in [1.54, 1.807) is 37.3 Å². The summed E-state index contributed by atoms with van der Waals surface area (Å²) in [4.78, 5) is 12.6. The number of aryl methyl sites for hydroxylation is 1. The van der Waals surface area contributed by atoms with Gasteiger partial charge in [0.1, 0.15) is 11.9 Å². The lowest BCUT2D eigenvalue weighted by Crippen LogP contribution is -2.37. The van der Waals surface area contributed by atoms with Gasteiger partial charge in [-0.15, -0.1) is 0 Å². The summed E-state index contributed by atoms with van der Waals surface area (Å²) in [6.07, 6.45) is -3.69. The van der Waals surface area contributed by atoms with E-state index in [0.29, 0.717) is 23.1 Å². The number of halogens is 3. The molecule has 174 valence electrons. The van der Waals surface area contributed by atoms with Gasteiger partial charge in [-0.2, -0.15) is 18.3 Å². The Labute approximate surface area is 188 Å². The number of anilines is 1. The van der Waals surface area contributed by atoms with E-state index < -0.39 is 43.7 Å². The molecule has 0 saturated carbocycles. The molecule has 2 heterocycles. The van der Waals surface area contributed by atoms with Crippen LogP contribution < -0.4 is 4.90 Å². The number of carboxylic acid groups (broad SMARTS) is 1. The lowest BCUT2D eigenvalue weighted by Gasteiger charge is -2.25. The van der Waals surface area contributed by atoms with E-state index in [0.717, 1.165) is 12.1 Å². The molecule has 0 amide bonds. The molecular weight excluding hydrogens is 459 g/mol. The third-order valence-electron chi connectivity index (χ3n) is 5.68. The Morgan fingerprint density at radius 2 is 1.73 bits per heavy atom. The van der Waals surface area contributed by atoms with E-state index >= 15 is 0 Å². The summed E-state index contributed by atoms with van der Waals surface area (Å²) < 4.78 is 68.5. The molecule has 7 nitrogen and oxygen atoms in total. The third kappa shape index (κ3) is 4.08. The number of aromatic nitrogens is 2. The molecule has 1 saturated heterocycles. The highest BCUT2D eigenvalue weighted by atomic mass is 32.2. The zero-order valence-electron chi connectivity index (χ0n) is 17.4. The van der Waals surface area contributed by atoms with Gasteiger partial charge in [0.15, 0.2) is 9.84 Å². The predicted octanol–water partition coefficient (Wildman–Crippen LogP) is 3.71. The molecule has 0 spiro atoms. The molecule has 4 rings (SSSR count). The second-order valence-corrected chi connectivity index (χ2v) is 10.00. The Morgan fingerprint density at radius 1 is 1.09 bits per heavy atom. The fraction of sp³-hybridized carbons (Fsp3) is 0.273. The number of para-hydroxylation sites is 1. The smallest absolute Gasteiger partial charge is 0.417 e. The predicted molar refractivity (Wildman–Crippen MR) is 114 cm³/mol. The van der Waals surface area contributed by atoms with Crippen molar-refractivity contribution in [3.05, 3.63) is 71.9 Å². The standard InChI is InChI=1S/C22H20F3N3O4S/c1-14-12-26-28(15-7-3-2-4-8-15)20(14)27-13-16(11-18(27)21(29)30)33(31,32)19-10-6-5-9-17(19)22(23,24)25/h2-10,12,16,18H,11,13H2,1H3,(H,29,30)/t16-,18+/m1/s1. The summed E-state index contributed by atoms with van der Waals surface area (Å²) in [6.45, 7) is 1.42. The summed E-state index contributed by atoms with van der Waals surface area (Å²) >= 11 is 0. The van der Waals surface area contributed by atoms with Gasteiger partial charge in [-0.25, -0.2) is 17.9 Å². The van der Waals surface area contributed by atoms with Crippen molar-refractivity contribution in [3.63, 3.8) is 0 Å². The van der Waals surface area contributed by atoms with Gasteiger partial charge in [0.05, 0.1) is 27.6 Å². The lowest BCUT2D eigenvalue weighted by molar-refractivity contribution is -0.140. The lowest BCUT2D eigenvalue weighted by atomic mass is 10.2. The normalized spacial score (nSPS) is 19.1. The molecule has 2 aromatic carbocycles. The minimum absolute atomic E-state index is 0.287. The number of alkyl halides is 3. The van der Waals surface area contributed by atoms with Crippen molar-refractivity contribution < 1.29 is 31.5 Å². The minimum atomic E-state index is -4.86. The van der Waals surface area contributed by atoms with Crippen LogP contribution in [0, 0.1) is 6.92 Å². The Balaban J connectivity index is 1.78. The Morgan fingerprint density at radius 3 is 2.36 bits per heavy atom. The highest BCUT2D eigenvalue weighted by Crippen LogP contribution is 2.39. The first-order valence-corrected chi connectivity index (χ1v) is 11.6. The molecule has 1 N–H and O–H groups in total. The molecule has 0 radical (unpaired) electrons. The van der Waals surface area contributed by atoms with E-state index in [4.69, 9.17) is 0 Å². The first-order chi connectivity index (χ1) is 15.5. The van der Waals surface area contributed by atoms with Crippen LogP contribution in [0.1, 0.15) is 17.5 Å². The van der Waals surface area contributed by atoms with Gasteiger partial charge in [-0.05, 0) is 37.6 Å². The van der Waals surface area contributed by atoms with Crippen molar-refractivity contribution in [1.82, 2.24) is 9.78 Å². The molecule has 1 aliphatic heterocycles. The molecule has 11 heteroatoms. The number of rotatable bonds is 5. The largest absolute Gasteiger partial charge is 0.480 e. The van der Waals surface area contributed by atoms with Crippen molar-refractivity contribution in [2.24, 2.45) is 0 Å². The molecule has 0 unspecified atom stereocenters. The first-order valence-electron chi connectivity index (χ1n) is 10.0. The molecule has 2 atom stereocenters. The minimum Gasteiger partial charge on any atom is -0.480 e. The number of benzene rings is 2. The van der Waals surface area contributed by atoms with Gasteiger partial charge in [0.25, 0.3) is 0 Å². The molecule has 1 aliphatic rings. The van der Waals surface area contributed by atoms with Crippen LogP contribution in [0.4, 0.5) is 19.0 Å². The summed E-state index contributed by atoms with van der Waals surface area (Å²) in [5.41, 5.74) is -0.0156.